The molecule has 0 unspecified atom stereocenters. The summed E-state index contributed by atoms with van der Waals surface area (Å²) in [6.07, 6.45) is 3.59. The molecule has 10 aromatic rings. The zero-order chi connectivity index (χ0) is 35.8. The molecular formula is C51H34N2O. The van der Waals surface area contributed by atoms with Crippen LogP contribution in [0.5, 0.6) is 0 Å². The van der Waals surface area contributed by atoms with Gasteiger partial charge in [0.1, 0.15) is 11.3 Å². The zero-order valence-corrected chi connectivity index (χ0v) is 29.4. The Labute approximate surface area is 314 Å². The Hall–Kier alpha value is -7.23. The lowest BCUT2D eigenvalue weighted by Crippen LogP contribution is -2.09. The molecule has 0 N–H and O–H groups in total. The lowest BCUT2D eigenvalue weighted by atomic mass is 9.98. The van der Waals surface area contributed by atoms with Crippen LogP contribution in [-0.4, -0.2) is 4.98 Å². The van der Waals surface area contributed by atoms with Gasteiger partial charge in [0.25, 0.3) is 0 Å². The number of benzene rings is 8. The molecule has 0 atom stereocenters. The van der Waals surface area contributed by atoms with E-state index in [4.69, 9.17) is 4.42 Å². The molecule has 54 heavy (non-hydrogen) atoms. The standard InChI is InChI=1S/C51H34N2O/c1-3-7-42-31-44(15-13-35(42)5-1)39-11-9-37(10-12-39)38-17-23-47(24-18-38)53(49-27-21-41(22-28-49)51-33-46-34-52-30-29-50(46)54-51)48-25-19-40(20-26-48)45-16-14-36-6-2-4-8-43(36)32-45/h1-34H. The van der Waals surface area contributed by atoms with Gasteiger partial charge in [0.05, 0.1) is 0 Å². The Morgan fingerprint density at radius 3 is 1.22 bits per heavy atom. The Balaban J connectivity index is 0.975. The van der Waals surface area contributed by atoms with Crippen LogP contribution in [0.2, 0.25) is 0 Å². The van der Waals surface area contributed by atoms with Gasteiger partial charge in [-0.25, -0.2) is 0 Å². The average molecular weight is 691 g/mol. The van der Waals surface area contributed by atoms with Crippen molar-refractivity contribution in [2.45, 2.75) is 0 Å². The summed E-state index contributed by atoms with van der Waals surface area (Å²) in [5.74, 6) is 0.826. The maximum absolute atomic E-state index is 6.16. The van der Waals surface area contributed by atoms with Crippen LogP contribution in [0.4, 0.5) is 17.1 Å². The molecule has 0 radical (unpaired) electrons. The van der Waals surface area contributed by atoms with Crippen molar-refractivity contribution in [3.8, 4) is 44.7 Å². The van der Waals surface area contributed by atoms with Crippen molar-refractivity contribution in [3.05, 3.63) is 207 Å². The predicted molar refractivity (Wildman–Crippen MR) is 225 cm³/mol. The van der Waals surface area contributed by atoms with Crippen LogP contribution in [0, 0.1) is 0 Å². The molecule has 0 aliphatic carbocycles. The van der Waals surface area contributed by atoms with E-state index in [1.807, 2.05) is 18.3 Å². The molecule has 2 heterocycles. The fraction of sp³-hybridized carbons (Fsp3) is 0. The summed E-state index contributed by atoms with van der Waals surface area (Å²) in [7, 11) is 0. The number of hydrogen-bond donors (Lipinski definition) is 0. The average Bonchev–Trinajstić information content (AvgIpc) is 3.69. The lowest BCUT2D eigenvalue weighted by molar-refractivity contribution is 0.631. The van der Waals surface area contributed by atoms with E-state index in [0.29, 0.717) is 0 Å². The normalized spacial score (nSPS) is 11.3. The lowest BCUT2D eigenvalue weighted by Gasteiger charge is -2.26. The smallest absolute Gasteiger partial charge is 0.137 e. The summed E-state index contributed by atoms with van der Waals surface area (Å²) in [5.41, 5.74) is 12.2. The van der Waals surface area contributed by atoms with E-state index in [-0.39, 0.29) is 0 Å². The number of hydrogen-bond acceptors (Lipinski definition) is 3. The third-order valence-corrected chi connectivity index (χ3v) is 10.4. The van der Waals surface area contributed by atoms with Gasteiger partial charge in [-0.05, 0) is 128 Å². The minimum Gasteiger partial charge on any atom is -0.456 e. The Morgan fingerprint density at radius 2 is 0.741 bits per heavy atom. The van der Waals surface area contributed by atoms with Gasteiger partial charge in [-0.2, -0.15) is 0 Å². The molecule has 3 heteroatoms. The van der Waals surface area contributed by atoms with Crippen molar-refractivity contribution in [1.29, 1.82) is 0 Å². The number of anilines is 3. The Bertz CT molecular complexity index is 2870. The molecule has 0 bridgehead atoms. The first-order chi connectivity index (χ1) is 26.7. The minimum atomic E-state index is 0.826. The summed E-state index contributed by atoms with van der Waals surface area (Å²) >= 11 is 0. The van der Waals surface area contributed by atoms with Crippen LogP contribution in [0.1, 0.15) is 0 Å². The second-order valence-electron chi connectivity index (χ2n) is 13.7. The van der Waals surface area contributed by atoms with Crippen molar-refractivity contribution in [1.82, 2.24) is 4.98 Å². The highest BCUT2D eigenvalue weighted by Gasteiger charge is 2.15. The van der Waals surface area contributed by atoms with Crippen molar-refractivity contribution in [2.75, 3.05) is 4.90 Å². The number of fused-ring (bicyclic) bond motifs is 3. The molecule has 0 aliphatic rings. The molecule has 2 aromatic heterocycles. The van der Waals surface area contributed by atoms with E-state index >= 15 is 0 Å². The monoisotopic (exact) mass is 690 g/mol. The third-order valence-electron chi connectivity index (χ3n) is 10.4. The van der Waals surface area contributed by atoms with Crippen molar-refractivity contribution in [3.63, 3.8) is 0 Å². The molecule has 0 fully saturated rings. The molecule has 254 valence electrons. The van der Waals surface area contributed by atoms with Gasteiger partial charge in [-0.15, -0.1) is 0 Å². The molecule has 0 saturated heterocycles. The second kappa shape index (κ2) is 13.4. The first-order valence-electron chi connectivity index (χ1n) is 18.2. The summed E-state index contributed by atoms with van der Waals surface area (Å²) in [6.45, 7) is 0. The zero-order valence-electron chi connectivity index (χ0n) is 29.4. The fourth-order valence-corrected chi connectivity index (χ4v) is 7.45. The van der Waals surface area contributed by atoms with Crippen molar-refractivity contribution >= 4 is 49.6 Å². The number of furan rings is 1. The van der Waals surface area contributed by atoms with Crippen LogP contribution in [0.3, 0.4) is 0 Å². The van der Waals surface area contributed by atoms with Gasteiger partial charge in [-0.3, -0.25) is 4.98 Å². The van der Waals surface area contributed by atoms with Gasteiger partial charge in [0.2, 0.25) is 0 Å². The molecule has 0 amide bonds. The molecule has 0 spiro atoms. The van der Waals surface area contributed by atoms with Crippen LogP contribution in [0.15, 0.2) is 211 Å². The van der Waals surface area contributed by atoms with Crippen LogP contribution >= 0.6 is 0 Å². The van der Waals surface area contributed by atoms with Gasteiger partial charge < -0.3 is 9.32 Å². The summed E-state index contributed by atoms with van der Waals surface area (Å²) in [6, 6.07) is 69.5. The summed E-state index contributed by atoms with van der Waals surface area (Å²) in [4.78, 5) is 6.56. The number of nitrogens with zero attached hydrogens (tertiary/aromatic N) is 2. The van der Waals surface area contributed by atoms with Gasteiger partial charge >= 0.3 is 0 Å². The molecule has 0 saturated carbocycles. The topological polar surface area (TPSA) is 29.3 Å². The Morgan fingerprint density at radius 1 is 0.333 bits per heavy atom. The fourth-order valence-electron chi connectivity index (χ4n) is 7.45. The van der Waals surface area contributed by atoms with Gasteiger partial charge in [-0.1, -0.05) is 121 Å². The van der Waals surface area contributed by atoms with Gasteiger partial charge in [0, 0.05) is 40.4 Å². The van der Waals surface area contributed by atoms with E-state index in [0.717, 1.165) is 39.4 Å². The van der Waals surface area contributed by atoms with E-state index in [1.165, 1.54) is 54.9 Å². The highest BCUT2D eigenvalue weighted by atomic mass is 16.3. The second-order valence-corrected chi connectivity index (χ2v) is 13.7. The number of pyridine rings is 1. The first-order valence-corrected chi connectivity index (χ1v) is 18.2. The van der Waals surface area contributed by atoms with Crippen molar-refractivity contribution < 1.29 is 4.42 Å². The van der Waals surface area contributed by atoms with Crippen LogP contribution in [0.25, 0.3) is 77.2 Å². The molecule has 3 nitrogen and oxygen atoms in total. The predicted octanol–water partition coefficient (Wildman–Crippen LogP) is 14.3. The van der Waals surface area contributed by atoms with Crippen molar-refractivity contribution in [2.24, 2.45) is 0 Å². The number of aromatic nitrogens is 1. The molecule has 10 rings (SSSR count). The maximum atomic E-state index is 6.16. The quantitative estimate of drug-likeness (QED) is 0.167. The molecule has 0 aliphatic heterocycles. The molecular weight excluding hydrogens is 657 g/mol. The number of rotatable bonds is 7. The minimum absolute atomic E-state index is 0.826. The first kappa shape index (κ1) is 31.5. The van der Waals surface area contributed by atoms with E-state index in [1.54, 1.807) is 6.20 Å². The summed E-state index contributed by atoms with van der Waals surface area (Å²) in [5, 5.41) is 5.99. The highest BCUT2D eigenvalue weighted by Crippen LogP contribution is 2.39. The highest BCUT2D eigenvalue weighted by molar-refractivity contribution is 5.89. The van der Waals surface area contributed by atoms with Crippen LogP contribution < -0.4 is 4.90 Å². The third kappa shape index (κ3) is 5.98. The largest absolute Gasteiger partial charge is 0.456 e. The Kier molecular flexibility index (Phi) is 7.81. The van der Waals surface area contributed by atoms with E-state index < -0.39 is 0 Å². The van der Waals surface area contributed by atoms with Gasteiger partial charge in [0.15, 0.2) is 0 Å². The van der Waals surface area contributed by atoms with E-state index in [9.17, 15) is 0 Å². The summed E-state index contributed by atoms with van der Waals surface area (Å²) < 4.78 is 6.16. The van der Waals surface area contributed by atoms with Crippen LogP contribution in [-0.2, 0) is 0 Å². The maximum Gasteiger partial charge on any atom is 0.137 e. The van der Waals surface area contributed by atoms with E-state index in [2.05, 4.69) is 192 Å². The SMILES string of the molecule is c1ccc2cc(-c3ccc(-c4ccc(N(c5ccc(-c6ccc7ccccc7c6)cc5)c5ccc(-c6cc7cnccc7o6)cc5)cc4)cc3)ccc2c1. The molecule has 8 aromatic carbocycles.